The van der Waals surface area contributed by atoms with Gasteiger partial charge in [-0.1, -0.05) is 18.2 Å². The molecule has 30 heavy (non-hydrogen) atoms. The zero-order chi connectivity index (χ0) is 21.1. The third-order valence-corrected chi connectivity index (χ3v) is 5.75. The molecule has 7 heteroatoms. The maximum Gasteiger partial charge on any atom is 0.253 e. The highest BCUT2D eigenvalue weighted by atomic mass is 16.2. The first-order chi connectivity index (χ1) is 14.5. The van der Waals surface area contributed by atoms with Crippen molar-refractivity contribution in [1.82, 2.24) is 9.80 Å². The number of nitrogens with one attached hydrogen (secondary N) is 1. The molecule has 0 spiro atoms. The standard InChI is InChI=1S/C23H26N4O3/c1-25-11-13-26(14-12-25)23(30)17-7-9-19(10-8-17)24-22(29)18-15-21(28)27(16-18)20-5-3-2-4-6-20/h2-10,18H,11-16H2,1H3,(H,24,29). The lowest BCUT2D eigenvalue weighted by Gasteiger charge is -2.32. The van der Waals surface area contributed by atoms with Gasteiger partial charge in [-0.3, -0.25) is 14.4 Å². The van der Waals surface area contributed by atoms with Gasteiger partial charge in [-0.2, -0.15) is 0 Å². The fourth-order valence-electron chi connectivity index (χ4n) is 3.87. The summed E-state index contributed by atoms with van der Waals surface area (Å²) >= 11 is 0. The summed E-state index contributed by atoms with van der Waals surface area (Å²) in [6, 6.07) is 16.4. The van der Waals surface area contributed by atoms with E-state index in [0.717, 1.165) is 31.9 Å². The Bertz CT molecular complexity index is 921. The van der Waals surface area contributed by atoms with Crippen LogP contribution < -0.4 is 10.2 Å². The highest BCUT2D eigenvalue weighted by Crippen LogP contribution is 2.26. The number of hydrogen-bond donors (Lipinski definition) is 1. The smallest absolute Gasteiger partial charge is 0.253 e. The molecule has 1 N–H and O–H groups in total. The Labute approximate surface area is 176 Å². The predicted octanol–water partition coefficient (Wildman–Crippen LogP) is 2.07. The number of carbonyl (C=O) groups excluding carboxylic acids is 3. The fourth-order valence-corrected chi connectivity index (χ4v) is 3.87. The molecule has 1 atom stereocenters. The molecule has 2 fully saturated rings. The molecule has 2 saturated heterocycles. The molecule has 2 heterocycles. The average Bonchev–Trinajstić information content (AvgIpc) is 3.17. The van der Waals surface area contributed by atoms with E-state index in [1.54, 1.807) is 29.2 Å². The van der Waals surface area contributed by atoms with Crippen LogP contribution >= 0.6 is 0 Å². The number of benzene rings is 2. The summed E-state index contributed by atoms with van der Waals surface area (Å²) in [4.78, 5) is 43.3. The molecule has 3 amide bonds. The number of likely N-dealkylation sites (N-methyl/N-ethyl adjacent to an activating group) is 1. The molecule has 0 saturated carbocycles. The second kappa shape index (κ2) is 8.67. The number of carbonyl (C=O) groups is 3. The van der Waals surface area contributed by atoms with E-state index in [1.807, 2.05) is 35.2 Å². The number of piperazine rings is 1. The van der Waals surface area contributed by atoms with Crippen LogP contribution in [-0.2, 0) is 9.59 Å². The second-order valence-corrected chi connectivity index (χ2v) is 7.90. The first-order valence-corrected chi connectivity index (χ1v) is 10.3. The van der Waals surface area contributed by atoms with Crippen LogP contribution in [-0.4, -0.2) is 67.3 Å². The molecule has 2 aliphatic heterocycles. The Hall–Kier alpha value is -3.19. The molecule has 0 aromatic heterocycles. The van der Waals surface area contributed by atoms with E-state index >= 15 is 0 Å². The van der Waals surface area contributed by atoms with Gasteiger partial charge in [0.2, 0.25) is 11.8 Å². The van der Waals surface area contributed by atoms with Crippen LogP contribution in [0.25, 0.3) is 0 Å². The van der Waals surface area contributed by atoms with Crippen molar-refractivity contribution in [3.63, 3.8) is 0 Å². The van der Waals surface area contributed by atoms with Gasteiger partial charge in [-0.05, 0) is 43.4 Å². The number of para-hydroxylation sites is 1. The summed E-state index contributed by atoms with van der Waals surface area (Å²) in [5.41, 5.74) is 2.05. The van der Waals surface area contributed by atoms with Gasteiger partial charge in [0.15, 0.2) is 0 Å². The molecule has 0 bridgehead atoms. The van der Waals surface area contributed by atoms with Crippen LogP contribution in [0, 0.1) is 5.92 Å². The molecule has 0 aliphatic carbocycles. The number of amides is 3. The number of anilines is 2. The lowest BCUT2D eigenvalue weighted by atomic mass is 10.1. The van der Waals surface area contributed by atoms with Crippen molar-refractivity contribution in [2.75, 3.05) is 50.0 Å². The van der Waals surface area contributed by atoms with E-state index in [1.165, 1.54) is 0 Å². The minimum Gasteiger partial charge on any atom is -0.336 e. The van der Waals surface area contributed by atoms with Crippen molar-refractivity contribution < 1.29 is 14.4 Å². The van der Waals surface area contributed by atoms with E-state index in [4.69, 9.17) is 0 Å². The first kappa shape index (κ1) is 20.1. The van der Waals surface area contributed by atoms with E-state index in [9.17, 15) is 14.4 Å². The Balaban J connectivity index is 1.35. The van der Waals surface area contributed by atoms with Gasteiger partial charge < -0.3 is 20.0 Å². The summed E-state index contributed by atoms with van der Waals surface area (Å²) < 4.78 is 0. The third kappa shape index (κ3) is 4.36. The van der Waals surface area contributed by atoms with Crippen LogP contribution in [0.4, 0.5) is 11.4 Å². The van der Waals surface area contributed by atoms with Crippen molar-refractivity contribution in [3.8, 4) is 0 Å². The Morgan fingerprint density at radius 2 is 1.60 bits per heavy atom. The maximum absolute atomic E-state index is 12.7. The lowest BCUT2D eigenvalue weighted by Crippen LogP contribution is -2.47. The van der Waals surface area contributed by atoms with Crippen molar-refractivity contribution in [2.45, 2.75) is 6.42 Å². The first-order valence-electron chi connectivity index (χ1n) is 10.3. The van der Waals surface area contributed by atoms with Gasteiger partial charge in [0.05, 0.1) is 5.92 Å². The average molecular weight is 406 g/mol. The molecule has 7 nitrogen and oxygen atoms in total. The number of hydrogen-bond acceptors (Lipinski definition) is 4. The molecule has 1 unspecified atom stereocenters. The van der Waals surface area contributed by atoms with Crippen LogP contribution in [0.3, 0.4) is 0 Å². The Kier molecular flexibility index (Phi) is 5.81. The van der Waals surface area contributed by atoms with Crippen LogP contribution in [0.2, 0.25) is 0 Å². The summed E-state index contributed by atoms with van der Waals surface area (Å²) in [6.07, 6.45) is 0.195. The number of nitrogens with zero attached hydrogens (tertiary/aromatic N) is 3. The molecule has 156 valence electrons. The normalized spacial score (nSPS) is 19.8. The number of rotatable bonds is 4. The van der Waals surface area contributed by atoms with E-state index < -0.39 is 5.92 Å². The summed E-state index contributed by atoms with van der Waals surface area (Å²) in [6.45, 7) is 3.57. The summed E-state index contributed by atoms with van der Waals surface area (Å²) in [7, 11) is 2.05. The molecule has 2 aliphatic rings. The summed E-state index contributed by atoms with van der Waals surface area (Å²) in [5, 5.41) is 2.88. The van der Waals surface area contributed by atoms with Crippen LogP contribution in [0.1, 0.15) is 16.8 Å². The highest BCUT2D eigenvalue weighted by molar-refractivity contribution is 6.03. The summed E-state index contributed by atoms with van der Waals surface area (Å²) in [5.74, 6) is -0.611. The van der Waals surface area contributed by atoms with Gasteiger partial charge in [0, 0.05) is 56.1 Å². The minimum absolute atomic E-state index is 0.0147. The van der Waals surface area contributed by atoms with E-state index in [0.29, 0.717) is 17.8 Å². The Morgan fingerprint density at radius 1 is 0.933 bits per heavy atom. The molecule has 2 aromatic rings. The van der Waals surface area contributed by atoms with Crippen molar-refractivity contribution >= 4 is 29.1 Å². The SMILES string of the molecule is CN1CCN(C(=O)c2ccc(NC(=O)C3CC(=O)N(c4ccccc4)C3)cc2)CC1. The topological polar surface area (TPSA) is 73.0 Å². The van der Waals surface area contributed by atoms with Gasteiger partial charge in [0.1, 0.15) is 0 Å². The molecular weight excluding hydrogens is 380 g/mol. The van der Waals surface area contributed by atoms with Crippen molar-refractivity contribution in [2.24, 2.45) is 5.92 Å². The third-order valence-electron chi connectivity index (χ3n) is 5.75. The van der Waals surface area contributed by atoms with Crippen LogP contribution in [0.5, 0.6) is 0 Å². The van der Waals surface area contributed by atoms with Gasteiger partial charge in [0.25, 0.3) is 5.91 Å². The highest BCUT2D eigenvalue weighted by Gasteiger charge is 2.35. The van der Waals surface area contributed by atoms with Gasteiger partial charge in [-0.25, -0.2) is 0 Å². The zero-order valence-corrected chi connectivity index (χ0v) is 17.1. The van der Waals surface area contributed by atoms with Crippen molar-refractivity contribution in [1.29, 1.82) is 0 Å². The van der Waals surface area contributed by atoms with Crippen molar-refractivity contribution in [3.05, 3.63) is 60.2 Å². The van der Waals surface area contributed by atoms with E-state index in [-0.39, 0.29) is 24.1 Å². The van der Waals surface area contributed by atoms with Gasteiger partial charge in [-0.15, -0.1) is 0 Å². The largest absolute Gasteiger partial charge is 0.336 e. The molecule has 2 aromatic carbocycles. The lowest BCUT2D eigenvalue weighted by molar-refractivity contribution is -0.122. The van der Waals surface area contributed by atoms with Crippen LogP contribution in [0.15, 0.2) is 54.6 Å². The zero-order valence-electron chi connectivity index (χ0n) is 17.1. The molecular formula is C23H26N4O3. The molecule has 0 radical (unpaired) electrons. The second-order valence-electron chi connectivity index (χ2n) is 7.90. The van der Waals surface area contributed by atoms with E-state index in [2.05, 4.69) is 17.3 Å². The Morgan fingerprint density at radius 3 is 2.27 bits per heavy atom. The maximum atomic E-state index is 12.7. The minimum atomic E-state index is -0.399. The quantitative estimate of drug-likeness (QED) is 0.844. The monoisotopic (exact) mass is 406 g/mol. The predicted molar refractivity (Wildman–Crippen MR) is 115 cm³/mol. The fraction of sp³-hybridized carbons (Fsp3) is 0.348. The molecule has 4 rings (SSSR count). The van der Waals surface area contributed by atoms with Gasteiger partial charge >= 0.3 is 0 Å².